The molecule has 2 atom stereocenters. The molecule has 1 aromatic rings. The lowest BCUT2D eigenvalue weighted by Crippen LogP contribution is -2.38. The van der Waals surface area contributed by atoms with E-state index < -0.39 is 0 Å². The van der Waals surface area contributed by atoms with Gasteiger partial charge in [0.25, 0.3) is 0 Å². The number of allylic oxidation sites excluding steroid dienone is 1. The standard InChI is InChI=1S/C20H23N3O3/c21-8-15-6-7-18(22-9-15)26-14-20-12-23(10-17(20)11-25-13-20)19(24)16-4-2-1-3-5-16/h4,6-7,9,17H,1-3,5,10-14H2/t17-,20+/m0/s1. The number of aromatic nitrogens is 1. The highest BCUT2D eigenvalue weighted by Gasteiger charge is 2.52. The molecule has 0 aromatic carbocycles. The van der Waals surface area contributed by atoms with Crippen molar-refractivity contribution in [2.45, 2.75) is 25.7 Å². The van der Waals surface area contributed by atoms with Crippen LogP contribution in [0.5, 0.6) is 5.88 Å². The number of nitrogens with zero attached hydrogens (tertiary/aromatic N) is 3. The van der Waals surface area contributed by atoms with Crippen molar-refractivity contribution in [2.24, 2.45) is 11.3 Å². The van der Waals surface area contributed by atoms with Gasteiger partial charge in [0.1, 0.15) is 6.07 Å². The summed E-state index contributed by atoms with van der Waals surface area (Å²) in [5, 5.41) is 8.85. The van der Waals surface area contributed by atoms with E-state index in [0.29, 0.717) is 43.7 Å². The quantitative estimate of drug-likeness (QED) is 0.830. The first kappa shape index (κ1) is 17.0. The molecular weight excluding hydrogens is 330 g/mol. The summed E-state index contributed by atoms with van der Waals surface area (Å²) >= 11 is 0. The van der Waals surface area contributed by atoms with E-state index in [4.69, 9.17) is 14.7 Å². The maximum absolute atomic E-state index is 12.9. The second kappa shape index (κ2) is 7.08. The van der Waals surface area contributed by atoms with Crippen molar-refractivity contribution in [1.29, 1.82) is 5.26 Å². The number of hydrogen-bond acceptors (Lipinski definition) is 5. The number of carbonyl (C=O) groups excluding carboxylic acids is 1. The van der Waals surface area contributed by atoms with Crippen LogP contribution in [0, 0.1) is 22.7 Å². The first-order valence-corrected chi connectivity index (χ1v) is 9.25. The lowest BCUT2D eigenvalue weighted by molar-refractivity contribution is -0.127. The van der Waals surface area contributed by atoms with Gasteiger partial charge in [0.15, 0.2) is 0 Å². The second-order valence-electron chi connectivity index (χ2n) is 7.52. The van der Waals surface area contributed by atoms with Crippen molar-refractivity contribution in [3.8, 4) is 11.9 Å². The number of carbonyl (C=O) groups is 1. The van der Waals surface area contributed by atoms with Crippen LogP contribution in [0.2, 0.25) is 0 Å². The molecule has 2 aliphatic heterocycles. The van der Waals surface area contributed by atoms with E-state index >= 15 is 0 Å². The zero-order valence-corrected chi connectivity index (χ0v) is 14.8. The van der Waals surface area contributed by atoms with Crippen LogP contribution in [0.15, 0.2) is 30.0 Å². The zero-order chi connectivity index (χ0) is 18.0. The highest BCUT2D eigenvalue weighted by Crippen LogP contribution is 2.42. The summed E-state index contributed by atoms with van der Waals surface area (Å²) < 4.78 is 11.6. The fraction of sp³-hybridized carbons (Fsp3) is 0.550. The molecule has 2 fully saturated rings. The molecule has 4 rings (SSSR count). The Morgan fingerprint density at radius 3 is 3.12 bits per heavy atom. The largest absolute Gasteiger partial charge is 0.477 e. The van der Waals surface area contributed by atoms with E-state index in [1.807, 2.05) is 11.0 Å². The number of pyridine rings is 1. The molecule has 6 heteroatoms. The molecule has 1 aliphatic carbocycles. The number of fused-ring (bicyclic) bond motifs is 1. The lowest BCUT2D eigenvalue weighted by atomic mass is 9.82. The number of likely N-dealkylation sites (tertiary alicyclic amines) is 1. The van der Waals surface area contributed by atoms with Crippen LogP contribution in [0.25, 0.3) is 0 Å². The molecule has 26 heavy (non-hydrogen) atoms. The van der Waals surface area contributed by atoms with Gasteiger partial charge in [-0.2, -0.15) is 5.26 Å². The van der Waals surface area contributed by atoms with Gasteiger partial charge in [0.2, 0.25) is 11.8 Å². The molecule has 136 valence electrons. The summed E-state index contributed by atoms with van der Waals surface area (Å²) in [4.78, 5) is 19.0. The van der Waals surface area contributed by atoms with Crippen molar-refractivity contribution in [1.82, 2.24) is 9.88 Å². The van der Waals surface area contributed by atoms with E-state index in [9.17, 15) is 4.79 Å². The SMILES string of the molecule is N#Cc1ccc(OC[C@@]23COC[C@@H]2CN(C(=O)C2=CCCCC2)C3)nc1. The molecule has 0 unspecified atom stereocenters. The molecule has 1 amide bonds. The minimum absolute atomic E-state index is 0.166. The lowest BCUT2D eigenvalue weighted by Gasteiger charge is -2.27. The zero-order valence-electron chi connectivity index (χ0n) is 14.8. The third-order valence-corrected chi connectivity index (χ3v) is 5.75. The molecule has 0 saturated carbocycles. The van der Waals surface area contributed by atoms with Gasteiger partial charge in [-0.25, -0.2) is 4.98 Å². The van der Waals surface area contributed by atoms with E-state index in [1.54, 1.807) is 12.1 Å². The third-order valence-electron chi connectivity index (χ3n) is 5.75. The van der Waals surface area contributed by atoms with Gasteiger partial charge < -0.3 is 14.4 Å². The summed E-state index contributed by atoms with van der Waals surface area (Å²) in [5.41, 5.74) is 1.32. The molecule has 2 saturated heterocycles. The highest BCUT2D eigenvalue weighted by atomic mass is 16.5. The van der Waals surface area contributed by atoms with Gasteiger partial charge in [0.05, 0.1) is 30.8 Å². The van der Waals surface area contributed by atoms with Gasteiger partial charge in [0, 0.05) is 36.8 Å². The minimum Gasteiger partial charge on any atom is -0.477 e. The molecular formula is C20H23N3O3. The van der Waals surface area contributed by atoms with Gasteiger partial charge in [-0.1, -0.05) is 6.08 Å². The Bertz CT molecular complexity index is 753. The van der Waals surface area contributed by atoms with Gasteiger partial charge in [-0.15, -0.1) is 0 Å². The van der Waals surface area contributed by atoms with Crippen molar-refractivity contribution < 1.29 is 14.3 Å². The maximum Gasteiger partial charge on any atom is 0.249 e. The first-order valence-electron chi connectivity index (χ1n) is 9.25. The van der Waals surface area contributed by atoms with Crippen LogP contribution < -0.4 is 4.74 Å². The van der Waals surface area contributed by atoms with E-state index in [0.717, 1.165) is 31.4 Å². The van der Waals surface area contributed by atoms with Crippen molar-refractivity contribution in [2.75, 3.05) is 32.9 Å². The maximum atomic E-state index is 12.9. The molecule has 0 N–H and O–H groups in total. The molecule has 0 radical (unpaired) electrons. The number of hydrogen-bond donors (Lipinski definition) is 0. The molecule has 6 nitrogen and oxygen atoms in total. The average Bonchev–Trinajstić information content (AvgIpc) is 3.24. The van der Waals surface area contributed by atoms with Crippen LogP contribution in [0.1, 0.15) is 31.2 Å². The Labute approximate surface area is 153 Å². The summed E-state index contributed by atoms with van der Waals surface area (Å²) in [6, 6.07) is 5.46. The molecule has 3 aliphatic rings. The normalized spacial score (nSPS) is 27.6. The second-order valence-corrected chi connectivity index (χ2v) is 7.52. The van der Waals surface area contributed by atoms with Crippen LogP contribution >= 0.6 is 0 Å². The Morgan fingerprint density at radius 2 is 2.38 bits per heavy atom. The van der Waals surface area contributed by atoms with E-state index in [1.165, 1.54) is 12.6 Å². The smallest absolute Gasteiger partial charge is 0.249 e. The van der Waals surface area contributed by atoms with Gasteiger partial charge >= 0.3 is 0 Å². The van der Waals surface area contributed by atoms with Crippen LogP contribution in [-0.2, 0) is 9.53 Å². The monoisotopic (exact) mass is 353 g/mol. The summed E-state index contributed by atoms with van der Waals surface area (Å²) in [5.74, 6) is 0.993. The number of ether oxygens (including phenoxy) is 2. The summed E-state index contributed by atoms with van der Waals surface area (Å²) in [6.45, 7) is 3.16. The van der Waals surface area contributed by atoms with Crippen LogP contribution in [-0.4, -0.2) is 48.7 Å². The fourth-order valence-electron chi connectivity index (χ4n) is 4.18. The Hall–Kier alpha value is -2.39. The van der Waals surface area contributed by atoms with Crippen molar-refractivity contribution in [3.63, 3.8) is 0 Å². The van der Waals surface area contributed by atoms with E-state index in [-0.39, 0.29) is 11.3 Å². The molecule has 0 spiro atoms. The first-order chi connectivity index (χ1) is 12.7. The van der Waals surface area contributed by atoms with E-state index in [2.05, 4.69) is 11.1 Å². The highest BCUT2D eigenvalue weighted by molar-refractivity contribution is 5.93. The van der Waals surface area contributed by atoms with Crippen LogP contribution in [0.3, 0.4) is 0 Å². The van der Waals surface area contributed by atoms with Gasteiger partial charge in [-0.05, 0) is 31.7 Å². The Balaban J connectivity index is 1.43. The predicted octanol–water partition coefficient (Wildman–Crippen LogP) is 2.31. The van der Waals surface area contributed by atoms with Crippen molar-refractivity contribution >= 4 is 5.91 Å². The van der Waals surface area contributed by atoms with Gasteiger partial charge in [-0.3, -0.25) is 4.79 Å². The van der Waals surface area contributed by atoms with Crippen LogP contribution in [0.4, 0.5) is 0 Å². The Kier molecular flexibility index (Phi) is 4.64. The molecule has 1 aromatic heterocycles. The fourth-order valence-corrected chi connectivity index (χ4v) is 4.18. The molecule has 0 bridgehead atoms. The number of rotatable bonds is 4. The summed E-state index contributed by atoms with van der Waals surface area (Å²) in [6.07, 6.45) is 7.82. The average molecular weight is 353 g/mol. The number of nitriles is 1. The summed E-state index contributed by atoms with van der Waals surface area (Å²) in [7, 11) is 0. The minimum atomic E-state index is -0.166. The van der Waals surface area contributed by atoms with Crippen molar-refractivity contribution in [3.05, 3.63) is 35.5 Å². The predicted molar refractivity (Wildman–Crippen MR) is 94.3 cm³/mol. The Morgan fingerprint density at radius 1 is 1.46 bits per heavy atom. The topological polar surface area (TPSA) is 75.5 Å². The third kappa shape index (κ3) is 3.19. The number of amides is 1. The molecule has 3 heterocycles.